The Balaban J connectivity index is 2.07. The Morgan fingerprint density at radius 3 is 2.77 bits per heavy atom. The molecule has 1 fully saturated rings. The molecule has 0 amide bonds. The first-order valence-electron chi connectivity index (χ1n) is 7.15. The number of alkyl halides is 3. The van der Waals surface area contributed by atoms with Gasteiger partial charge in [-0.1, -0.05) is 13.0 Å². The predicted molar refractivity (Wildman–Crippen MR) is 74.5 cm³/mol. The van der Waals surface area contributed by atoms with E-state index in [0.717, 1.165) is 18.2 Å². The molecule has 2 unspecified atom stereocenters. The van der Waals surface area contributed by atoms with Crippen molar-refractivity contribution in [2.24, 2.45) is 5.41 Å². The molecular weight excluding hydrogens is 296 g/mol. The summed E-state index contributed by atoms with van der Waals surface area (Å²) in [4.78, 5) is 1.71. The number of halogens is 4. The molecule has 120 valence electrons. The highest BCUT2D eigenvalue weighted by molar-refractivity contribution is 5.26. The maximum atomic E-state index is 14.3. The minimum absolute atomic E-state index is 0.0799. The van der Waals surface area contributed by atoms with Crippen LogP contribution < -0.4 is 0 Å². The fourth-order valence-corrected chi connectivity index (χ4v) is 2.72. The molecule has 0 spiro atoms. The van der Waals surface area contributed by atoms with E-state index in [1.807, 2.05) is 6.07 Å². The minimum Gasteiger partial charge on any atom is -0.296 e. The Morgan fingerprint density at radius 2 is 2.18 bits per heavy atom. The summed E-state index contributed by atoms with van der Waals surface area (Å²) >= 11 is 0. The number of nitrogens with zero attached hydrogens (tertiary/aromatic N) is 2. The number of hydrogen-bond donors (Lipinski definition) is 0. The summed E-state index contributed by atoms with van der Waals surface area (Å²) in [6.45, 7) is 2.42. The summed E-state index contributed by atoms with van der Waals surface area (Å²) in [5.41, 5.74) is -0.775. The van der Waals surface area contributed by atoms with Crippen molar-refractivity contribution in [3.63, 3.8) is 0 Å². The quantitative estimate of drug-likeness (QED) is 0.778. The zero-order chi connectivity index (χ0) is 16.3. The third-order valence-electron chi connectivity index (χ3n) is 4.37. The fourth-order valence-electron chi connectivity index (χ4n) is 2.72. The Morgan fingerprint density at radius 1 is 1.45 bits per heavy atom. The Hall–Kier alpha value is -1.61. The van der Waals surface area contributed by atoms with E-state index in [0.29, 0.717) is 13.0 Å². The largest absolute Gasteiger partial charge is 0.296 e. The van der Waals surface area contributed by atoms with Gasteiger partial charge >= 0.3 is 0 Å². The van der Waals surface area contributed by atoms with Crippen molar-refractivity contribution in [2.75, 3.05) is 13.1 Å². The van der Waals surface area contributed by atoms with E-state index < -0.39 is 23.8 Å². The second kappa shape index (κ2) is 6.66. The molecular formula is C16H18F4N2. The lowest BCUT2D eigenvalue weighted by atomic mass is 9.76. The summed E-state index contributed by atoms with van der Waals surface area (Å²) in [5, 5.41) is 8.77. The van der Waals surface area contributed by atoms with Crippen LogP contribution in [0.4, 0.5) is 17.6 Å². The Bertz CT molecular complexity index is 570. The number of likely N-dealkylation sites (tertiary alicyclic amines) is 1. The van der Waals surface area contributed by atoms with E-state index in [2.05, 4.69) is 0 Å². The molecule has 1 saturated heterocycles. The highest BCUT2D eigenvalue weighted by Gasteiger charge is 2.39. The van der Waals surface area contributed by atoms with Crippen molar-refractivity contribution in [1.29, 1.82) is 5.26 Å². The highest BCUT2D eigenvalue weighted by atomic mass is 19.3. The fraction of sp³-hybridized carbons (Fsp3) is 0.562. The van der Waals surface area contributed by atoms with Crippen molar-refractivity contribution in [1.82, 2.24) is 4.90 Å². The molecule has 1 heterocycles. The normalized spacial score (nSPS) is 26.1. The van der Waals surface area contributed by atoms with Crippen LogP contribution in [-0.4, -0.2) is 24.2 Å². The summed E-state index contributed by atoms with van der Waals surface area (Å²) in [6.07, 6.45) is -3.23. The molecule has 1 aromatic rings. The first-order chi connectivity index (χ1) is 10.4. The van der Waals surface area contributed by atoms with Gasteiger partial charge in [0.1, 0.15) is 12.0 Å². The third-order valence-corrected chi connectivity index (χ3v) is 4.37. The van der Waals surface area contributed by atoms with Crippen LogP contribution >= 0.6 is 0 Å². The van der Waals surface area contributed by atoms with E-state index in [1.165, 1.54) is 0 Å². The van der Waals surface area contributed by atoms with E-state index in [1.54, 1.807) is 11.8 Å². The molecule has 0 aromatic heterocycles. The number of hydrogen-bond acceptors (Lipinski definition) is 2. The Kier molecular flexibility index (Phi) is 5.07. The standard InChI is InChI=1S/C16H18F4N2/c1-16(4-6-21)5-7-22(10-14(16)18)9-12-8-11(15(19)20)2-3-13(12)17/h2-3,8,14-15H,4-5,7,9-10H2,1H3. The summed E-state index contributed by atoms with van der Waals surface area (Å²) in [6, 6.07) is 5.21. The van der Waals surface area contributed by atoms with Gasteiger partial charge in [-0.15, -0.1) is 0 Å². The summed E-state index contributed by atoms with van der Waals surface area (Å²) in [7, 11) is 0. The van der Waals surface area contributed by atoms with Gasteiger partial charge in [-0.25, -0.2) is 17.6 Å². The molecule has 0 N–H and O–H groups in total. The molecule has 0 radical (unpaired) electrons. The van der Waals surface area contributed by atoms with Gasteiger partial charge in [0.05, 0.1) is 6.07 Å². The SMILES string of the molecule is CC1(CC#N)CCN(Cc2cc(C(F)F)ccc2F)CC1F. The third kappa shape index (κ3) is 3.58. The number of benzene rings is 1. The van der Waals surface area contributed by atoms with Crippen molar-refractivity contribution in [2.45, 2.75) is 38.9 Å². The molecule has 0 bridgehead atoms. The monoisotopic (exact) mass is 314 g/mol. The van der Waals surface area contributed by atoms with E-state index in [-0.39, 0.29) is 30.6 Å². The molecule has 2 nitrogen and oxygen atoms in total. The number of nitriles is 1. The lowest BCUT2D eigenvalue weighted by molar-refractivity contribution is 0.0181. The van der Waals surface area contributed by atoms with Gasteiger partial charge in [0.2, 0.25) is 0 Å². The molecule has 0 saturated carbocycles. The van der Waals surface area contributed by atoms with Gasteiger partial charge in [0, 0.05) is 36.1 Å². The molecule has 1 aromatic carbocycles. The summed E-state index contributed by atoms with van der Waals surface area (Å²) in [5.74, 6) is -0.565. The van der Waals surface area contributed by atoms with Gasteiger partial charge in [0.25, 0.3) is 6.43 Å². The molecule has 1 aliphatic heterocycles. The van der Waals surface area contributed by atoms with Crippen LogP contribution in [0, 0.1) is 22.6 Å². The second-order valence-corrected chi connectivity index (χ2v) is 6.09. The zero-order valence-corrected chi connectivity index (χ0v) is 12.3. The summed E-state index contributed by atoms with van der Waals surface area (Å²) < 4.78 is 53.4. The van der Waals surface area contributed by atoms with Crippen LogP contribution in [0.25, 0.3) is 0 Å². The lowest BCUT2D eigenvalue weighted by Crippen LogP contribution is -2.47. The van der Waals surface area contributed by atoms with Crippen LogP contribution in [-0.2, 0) is 6.54 Å². The maximum absolute atomic E-state index is 14.3. The average molecular weight is 314 g/mol. The van der Waals surface area contributed by atoms with Gasteiger partial charge < -0.3 is 0 Å². The zero-order valence-electron chi connectivity index (χ0n) is 12.3. The molecule has 2 rings (SSSR count). The van der Waals surface area contributed by atoms with Crippen LogP contribution in [0.3, 0.4) is 0 Å². The van der Waals surface area contributed by atoms with Gasteiger partial charge in [-0.2, -0.15) is 5.26 Å². The molecule has 22 heavy (non-hydrogen) atoms. The van der Waals surface area contributed by atoms with Gasteiger partial charge in [0.15, 0.2) is 0 Å². The molecule has 0 aliphatic carbocycles. The van der Waals surface area contributed by atoms with Crippen molar-refractivity contribution in [3.8, 4) is 6.07 Å². The van der Waals surface area contributed by atoms with E-state index in [9.17, 15) is 17.6 Å². The topological polar surface area (TPSA) is 27.0 Å². The average Bonchev–Trinajstić information content (AvgIpc) is 2.45. The number of rotatable bonds is 4. The van der Waals surface area contributed by atoms with Crippen LogP contribution in [0.2, 0.25) is 0 Å². The van der Waals surface area contributed by atoms with Crippen molar-refractivity contribution >= 4 is 0 Å². The van der Waals surface area contributed by atoms with Crippen LogP contribution in [0.5, 0.6) is 0 Å². The molecule has 6 heteroatoms. The first kappa shape index (κ1) is 16.8. The minimum atomic E-state index is -2.66. The van der Waals surface area contributed by atoms with Crippen LogP contribution in [0.15, 0.2) is 18.2 Å². The molecule has 2 atom stereocenters. The lowest BCUT2D eigenvalue weighted by Gasteiger charge is -2.41. The van der Waals surface area contributed by atoms with Crippen molar-refractivity contribution < 1.29 is 17.6 Å². The van der Waals surface area contributed by atoms with Gasteiger partial charge in [-0.3, -0.25) is 4.90 Å². The van der Waals surface area contributed by atoms with E-state index in [4.69, 9.17) is 5.26 Å². The van der Waals surface area contributed by atoms with Gasteiger partial charge in [-0.05, 0) is 25.1 Å². The van der Waals surface area contributed by atoms with E-state index >= 15 is 0 Å². The number of piperidine rings is 1. The predicted octanol–water partition coefficient (Wildman–Crippen LogP) is 4.23. The first-order valence-corrected chi connectivity index (χ1v) is 7.15. The highest BCUT2D eigenvalue weighted by Crippen LogP contribution is 2.37. The second-order valence-electron chi connectivity index (χ2n) is 6.09. The smallest absolute Gasteiger partial charge is 0.263 e. The molecule has 1 aliphatic rings. The van der Waals surface area contributed by atoms with Crippen LogP contribution in [0.1, 0.15) is 37.3 Å². The van der Waals surface area contributed by atoms with Crippen molar-refractivity contribution in [3.05, 3.63) is 35.1 Å². The Labute approximate surface area is 127 Å². The maximum Gasteiger partial charge on any atom is 0.263 e.